The second kappa shape index (κ2) is 6.01. The molecule has 1 aromatic carbocycles. The fourth-order valence-electron chi connectivity index (χ4n) is 1.79. The molecule has 21 heavy (non-hydrogen) atoms. The van der Waals surface area contributed by atoms with Gasteiger partial charge in [-0.1, -0.05) is 0 Å². The highest BCUT2D eigenvalue weighted by atomic mass is 16.6. The van der Waals surface area contributed by atoms with Crippen molar-refractivity contribution in [3.8, 4) is 0 Å². The number of carbonyl (C=O) groups is 1. The molecule has 9 nitrogen and oxygen atoms in total. The van der Waals surface area contributed by atoms with Crippen LogP contribution in [0.5, 0.6) is 0 Å². The van der Waals surface area contributed by atoms with Crippen LogP contribution in [0.4, 0.5) is 11.4 Å². The molecule has 0 aliphatic rings. The lowest BCUT2D eigenvalue weighted by Gasteiger charge is -2.07. The van der Waals surface area contributed by atoms with Crippen LogP contribution >= 0.6 is 0 Å². The number of imidazole rings is 1. The Kier molecular flexibility index (Phi) is 4.14. The predicted molar refractivity (Wildman–Crippen MR) is 75.3 cm³/mol. The summed E-state index contributed by atoms with van der Waals surface area (Å²) < 4.78 is 1.74. The number of carbonyl (C=O) groups excluding carboxylic acids is 1. The first-order valence-corrected chi connectivity index (χ1v) is 6.02. The SMILES string of the molecule is Cn1ccnc1CNC(=O)c1cc(NN)ccc1[N+](=O)[O-]. The van der Waals surface area contributed by atoms with Crippen LogP contribution in [0.15, 0.2) is 30.6 Å². The molecule has 0 aliphatic carbocycles. The smallest absolute Gasteiger partial charge is 0.282 e. The summed E-state index contributed by atoms with van der Waals surface area (Å²) in [6.07, 6.45) is 3.34. The number of nitrogens with zero attached hydrogens (tertiary/aromatic N) is 3. The van der Waals surface area contributed by atoms with Crippen LogP contribution in [0, 0.1) is 10.1 Å². The molecular weight excluding hydrogens is 276 g/mol. The number of aryl methyl sites for hydroxylation is 1. The lowest BCUT2D eigenvalue weighted by molar-refractivity contribution is -0.385. The summed E-state index contributed by atoms with van der Waals surface area (Å²) in [5.41, 5.74) is 2.40. The highest BCUT2D eigenvalue weighted by molar-refractivity contribution is 5.99. The average molecular weight is 290 g/mol. The van der Waals surface area contributed by atoms with Gasteiger partial charge in [0.1, 0.15) is 11.4 Å². The van der Waals surface area contributed by atoms with E-state index in [0.29, 0.717) is 11.5 Å². The van der Waals surface area contributed by atoms with Gasteiger partial charge >= 0.3 is 0 Å². The van der Waals surface area contributed by atoms with Gasteiger partial charge in [0, 0.05) is 31.2 Å². The second-order valence-electron chi connectivity index (χ2n) is 4.27. The van der Waals surface area contributed by atoms with Crippen LogP contribution in [0.2, 0.25) is 0 Å². The van der Waals surface area contributed by atoms with Crippen molar-refractivity contribution in [2.75, 3.05) is 5.43 Å². The fraction of sp³-hybridized carbons (Fsp3) is 0.167. The lowest BCUT2D eigenvalue weighted by Crippen LogP contribution is -2.25. The summed E-state index contributed by atoms with van der Waals surface area (Å²) >= 11 is 0. The first-order chi connectivity index (χ1) is 10.0. The Bertz CT molecular complexity index is 681. The molecule has 4 N–H and O–H groups in total. The van der Waals surface area contributed by atoms with E-state index in [0.717, 1.165) is 0 Å². The Hall–Kier alpha value is -2.94. The van der Waals surface area contributed by atoms with Crippen LogP contribution in [0.3, 0.4) is 0 Å². The Morgan fingerprint density at radius 2 is 2.29 bits per heavy atom. The average Bonchev–Trinajstić information content (AvgIpc) is 2.89. The van der Waals surface area contributed by atoms with Crippen molar-refractivity contribution in [2.45, 2.75) is 6.54 Å². The monoisotopic (exact) mass is 290 g/mol. The van der Waals surface area contributed by atoms with Crippen molar-refractivity contribution in [1.29, 1.82) is 0 Å². The van der Waals surface area contributed by atoms with Crippen LogP contribution < -0.4 is 16.6 Å². The number of rotatable bonds is 5. The van der Waals surface area contributed by atoms with Gasteiger partial charge in [0.2, 0.25) is 0 Å². The molecule has 0 radical (unpaired) electrons. The maximum Gasteiger partial charge on any atom is 0.282 e. The molecule has 0 saturated heterocycles. The van der Waals surface area contributed by atoms with E-state index in [1.165, 1.54) is 18.2 Å². The summed E-state index contributed by atoms with van der Waals surface area (Å²) in [5, 5.41) is 13.6. The van der Waals surface area contributed by atoms with E-state index in [1.807, 2.05) is 0 Å². The molecule has 0 atom stereocenters. The number of nitrogen functional groups attached to an aromatic ring is 1. The van der Waals surface area contributed by atoms with Gasteiger partial charge in [-0.3, -0.25) is 20.8 Å². The number of amides is 1. The van der Waals surface area contributed by atoms with E-state index in [-0.39, 0.29) is 17.8 Å². The van der Waals surface area contributed by atoms with Gasteiger partial charge in [-0.15, -0.1) is 0 Å². The molecule has 0 unspecified atom stereocenters. The minimum Gasteiger partial charge on any atom is -0.345 e. The Morgan fingerprint density at radius 1 is 1.52 bits per heavy atom. The molecule has 0 spiro atoms. The van der Waals surface area contributed by atoms with Crippen molar-refractivity contribution in [2.24, 2.45) is 12.9 Å². The lowest BCUT2D eigenvalue weighted by atomic mass is 10.1. The normalized spacial score (nSPS) is 10.2. The van der Waals surface area contributed by atoms with E-state index in [2.05, 4.69) is 15.7 Å². The van der Waals surface area contributed by atoms with Crippen LogP contribution in [0.25, 0.3) is 0 Å². The van der Waals surface area contributed by atoms with E-state index in [9.17, 15) is 14.9 Å². The quantitative estimate of drug-likeness (QED) is 0.419. The number of hydrogen-bond acceptors (Lipinski definition) is 6. The van der Waals surface area contributed by atoms with Crippen LogP contribution in [-0.4, -0.2) is 20.4 Å². The second-order valence-corrected chi connectivity index (χ2v) is 4.27. The number of hydrazine groups is 1. The Morgan fingerprint density at radius 3 is 2.86 bits per heavy atom. The molecule has 2 rings (SSSR count). The van der Waals surface area contributed by atoms with Gasteiger partial charge in [0.15, 0.2) is 0 Å². The van der Waals surface area contributed by atoms with Crippen molar-refractivity contribution in [3.63, 3.8) is 0 Å². The maximum atomic E-state index is 12.1. The van der Waals surface area contributed by atoms with E-state index in [4.69, 9.17) is 5.84 Å². The Labute approximate surface area is 119 Å². The molecule has 1 heterocycles. The highest BCUT2D eigenvalue weighted by Crippen LogP contribution is 2.22. The fourth-order valence-corrected chi connectivity index (χ4v) is 1.79. The highest BCUT2D eigenvalue weighted by Gasteiger charge is 2.20. The molecular formula is C12H14N6O3. The van der Waals surface area contributed by atoms with Crippen molar-refractivity contribution < 1.29 is 9.72 Å². The zero-order valence-electron chi connectivity index (χ0n) is 11.2. The van der Waals surface area contributed by atoms with Gasteiger partial charge in [-0.2, -0.15) is 0 Å². The number of hydrogen-bond donors (Lipinski definition) is 3. The zero-order valence-corrected chi connectivity index (χ0v) is 11.2. The summed E-state index contributed by atoms with van der Waals surface area (Å²) in [6.45, 7) is 0.166. The third-order valence-corrected chi connectivity index (χ3v) is 2.93. The third-order valence-electron chi connectivity index (χ3n) is 2.93. The van der Waals surface area contributed by atoms with Crippen LogP contribution in [0.1, 0.15) is 16.2 Å². The molecule has 9 heteroatoms. The number of nitro groups is 1. The van der Waals surface area contributed by atoms with Crippen molar-refractivity contribution in [1.82, 2.24) is 14.9 Å². The third kappa shape index (κ3) is 3.15. The van der Waals surface area contributed by atoms with Crippen LogP contribution in [-0.2, 0) is 13.6 Å². The number of anilines is 1. The molecule has 0 bridgehead atoms. The maximum absolute atomic E-state index is 12.1. The van der Waals surface area contributed by atoms with Gasteiger partial charge in [0.25, 0.3) is 11.6 Å². The van der Waals surface area contributed by atoms with E-state index in [1.54, 1.807) is 24.0 Å². The van der Waals surface area contributed by atoms with E-state index < -0.39 is 10.8 Å². The topological polar surface area (TPSA) is 128 Å². The van der Waals surface area contributed by atoms with E-state index >= 15 is 0 Å². The van der Waals surface area contributed by atoms with Gasteiger partial charge in [-0.25, -0.2) is 4.98 Å². The number of benzene rings is 1. The molecule has 2 aromatic rings. The minimum atomic E-state index is -0.615. The Balaban J connectivity index is 2.21. The molecule has 110 valence electrons. The summed E-state index contributed by atoms with van der Waals surface area (Å²) in [4.78, 5) is 26.5. The molecule has 0 fully saturated rings. The zero-order chi connectivity index (χ0) is 15.4. The molecule has 1 amide bonds. The van der Waals surface area contributed by atoms with Gasteiger partial charge in [-0.05, 0) is 12.1 Å². The predicted octanol–water partition coefficient (Wildman–Crippen LogP) is 0.544. The largest absolute Gasteiger partial charge is 0.345 e. The molecule has 1 aromatic heterocycles. The first-order valence-electron chi connectivity index (χ1n) is 6.02. The van der Waals surface area contributed by atoms with Gasteiger partial charge < -0.3 is 15.3 Å². The van der Waals surface area contributed by atoms with Crippen molar-refractivity contribution >= 4 is 17.3 Å². The number of aromatic nitrogens is 2. The standard InChI is InChI=1S/C12H14N6O3/c1-17-5-4-14-11(17)7-15-12(19)9-6-8(16-13)2-3-10(9)18(20)21/h2-6,16H,7,13H2,1H3,(H,15,19). The number of nitrogens with two attached hydrogens (primary N) is 1. The number of nitrogens with one attached hydrogen (secondary N) is 2. The number of nitro benzene ring substituents is 1. The minimum absolute atomic E-state index is 0.0651. The molecule has 0 aliphatic heterocycles. The summed E-state index contributed by atoms with van der Waals surface area (Å²) in [7, 11) is 1.79. The van der Waals surface area contributed by atoms with Crippen molar-refractivity contribution in [3.05, 3.63) is 52.1 Å². The summed E-state index contributed by atoms with van der Waals surface area (Å²) in [5.74, 6) is 5.32. The summed E-state index contributed by atoms with van der Waals surface area (Å²) in [6, 6.07) is 3.98. The molecule has 0 saturated carbocycles. The van der Waals surface area contributed by atoms with Gasteiger partial charge in [0.05, 0.1) is 11.5 Å². The first kappa shape index (κ1) is 14.5.